The average Bonchev–Trinajstić information content (AvgIpc) is 2.47. The van der Waals surface area contributed by atoms with Crippen LogP contribution >= 0.6 is 0 Å². The summed E-state index contributed by atoms with van der Waals surface area (Å²) < 4.78 is 0. The molecule has 0 N–H and O–H groups in total. The van der Waals surface area contributed by atoms with Crippen molar-refractivity contribution in [2.24, 2.45) is 0 Å². The Morgan fingerprint density at radius 3 is 2.93 bits per heavy atom. The van der Waals surface area contributed by atoms with Crippen molar-refractivity contribution >= 4 is 29.3 Å². The fraction of sp³-hybridized carbons (Fsp3) is 0. The van der Waals surface area contributed by atoms with Gasteiger partial charge in [-0.15, -0.1) is 0 Å². The summed E-state index contributed by atoms with van der Waals surface area (Å²) in [5.74, 6) is 0. The van der Waals surface area contributed by atoms with E-state index in [2.05, 4.69) is 22.9 Å². The number of nitrogens with zero attached hydrogens (tertiary/aromatic N) is 3. The van der Waals surface area contributed by atoms with Crippen LogP contribution in [0.1, 0.15) is 0 Å². The second-order valence-corrected chi connectivity index (χ2v) is 3.15. The summed E-state index contributed by atoms with van der Waals surface area (Å²) in [4.78, 5) is 11.7. The molecule has 0 spiro atoms. The summed E-state index contributed by atoms with van der Waals surface area (Å²) in [5.41, 5.74) is 1.18. The molecule has 0 unspecified atom stereocenters. The van der Waals surface area contributed by atoms with Crippen molar-refractivity contribution in [1.29, 1.82) is 0 Å². The fourth-order valence-corrected chi connectivity index (χ4v) is 1.71. The van der Waals surface area contributed by atoms with Crippen molar-refractivity contribution in [3.05, 3.63) is 33.5 Å². The van der Waals surface area contributed by atoms with Gasteiger partial charge in [-0.1, -0.05) is 0 Å². The topological polar surface area (TPSA) is 55.7 Å². The zero-order valence-electron chi connectivity index (χ0n) is 7.19. The molecule has 0 bridgehead atoms. The molecule has 1 aromatic heterocycles. The summed E-state index contributed by atoms with van der Waals surface area (Å²) in [7, 11) is 3.70. The standard InChI is InChI=1S/C9H4BN3O/c10-7-8-6-4(9(7)14)2-1-3-5(6)11-13-12-8/h1-3,10H. The van der Waals surface area contributed by atoms with Gasteiger partial charge in [-0.2, -0.15) is 0 Å². The van der Waals surface area contributed by atoms with Crippen molar-refractivity contribution in [2.75, 3.05) is 0 Å². The van der Waals surface area contributed by atoms with E-state index in [-0.39, 0.29) is 5.43 Å². The molecular formula is C9H4BN3O. The van der Waals surface area contributed by atoms with Crippen molar-refractivity contribution < 1.29 is 0 Å². The van der Waals surface area contributed by atoms with Crippen LogP contribution < -0.4 is 5.43 Å². The number of aromatic nitrogens is 3. The molecule has 0 fully saturated rings. The first-order chi connectivity index (χ1) is 6.79. The van der Waals surface area contributed by atoms with Crippen molar-refractivity contribution in [1.82, 2.24) is 15.4 Å². The zero-order valence-corrected chi connectivity index (χ0v) is 7.19. The minimum atomic E-state index is -0.0760. The summed E-state index contributed by atoms with van der Waals surface area (Å²) in [6, 6.07) is 5.35. The Kier molecular flexibility index (Phi) is 1.24. The van der Waals surface area contributed by atoms with E-state index in [1.165, 1.54) is 0 Å². The Morgan fingerprint density at radius 2 is 2.07 bits per heavy atom. The predicted octanol–water partition coefficient (Wildman–Crippen LogP) is -0.153. The van der Waals surface area contributed by atoms with Gasteiger partial charge in [-0.25, -0.2) is 0 Å². The van der Waals surface area contributed by atoms with E-state index in [1.54, 1.807) is 12.1 Å². The molecule has 3 aromatic rings. The SMILES string of the molecule is B=c1c(=O)c2cccc3nnnc1c32. The van der Waals surface area contributed by atoms with Crippen LogP contribution in [0.5, 0.6) is 0 Å². The zero-order chi connectivity index (χ0) is 9.71. The van der Waals surface area contributed by atoms with Crippen LogP contribution in [-0.4, -0.2) is 22.9 Å². The molecule has 0 atom stereocenters. The van der Waals surface area contributed by atoms with Crippen LogP contribution in [0.4, 0.5) is 0 Å². The predicted molar refractivity (Wildman–Crippen MR) is 53.9 cm³/mol. The van der Waals surface area contributed by atoms with Crippen LogP contribution in [0, 0.1) is 5.11 Å². The van der Waals surface area contributed by atoms with Gasteiger partial charge in [0.2, 0.25) is 0 Å². The van der Waals surface area contributed by atoms with E-state index < -0.39 is 0 Å². The Labute approximate surface area is 79.0 Å². The van der Waals surface area contributed by atoms with Crippen molar-refractivity contribution in [2.45, 2.75) is 0 Å². The van der Waals surface area contributed by atoms with Crippen LogP contribution in [0.2, 0.25) is 0 Å². The van der Waals surface area contributed by atoms with Crippen molar-refractivity contribution in [3.8, 4) is 0 Å². The van der Waals surface area contributed by atoms with E-state index in [1.807, 2.05) is 6.07 Å². The molecule has 3 rings (SSSR count). The summed E-state index contributed by atoms with van der Waals surface area (Å²) in [6.45, 7) is 0. The molecule has 2 aromatic carbocycles. The van der Waals surface area contributed by atoms with E-state index in [0.717, 1.165) is 5.39 Å². The minimum absolute atomic E-state index is 0.0760. The Hall–Kier alpha value is -1.91. The monoisotopic (exact) mass is 181 g/mol. The first-order valence-corrected chi connectivity index (χ1v) is 4.15. The van der Waals surface area contributed by atoms with E-state index in [4.69, 9.17) is 0 Å². The third kappa shape index (κ3) is 0.718. The molecule has 1 heterocycles. The van der Waals surface area contributed by atoms with Crippen molar-refractivity contribution in [3.63, 3.8) is 0 Å². The molecule has 0 aliphatic heterocycles. The summed E-state index contributed by atoms with van der Waals surface area (Å²) in [5, 5.41) is 13.1. The van der Waals surface area contributed by atoms with Gasteiger partial charge in [0.05, 0.1) is 0 Å². The normalized spacial score (nSPS) is 11.4. The Bertz CT molecular complexity index is 669. The first kappa shape index (κ1) is 7.49. The second-order valence-electron chi connectivity index (χ2n) is 3.15. The van der Waals surface area contributed by atoms with Gasteiger partial charge < -0.3 is 0 Å². The molecular weight excluding hydrogens is 177 g/mol. The maximum absolute atomic E-state index is 11.7. The molecule has 5 heteroatoms. The van der Waals surface area contributed by atoms with Gasteiger partial charge in [0.25, 0.3) is 0 Å². The number of hydrogen-bond donors (Lipinski definition) is 0. The Balaban J connectivity index is 2.91. The molecule has 0 saturated heterocycles. The number of rotatable bonds is 0. The van der Waals surface area contributed by atoms with Gasteiger partial charge in [-0.05, 0) is 0 Å². The van der Waals surface area contributed by atoms with E-state index >= 15 is 0 Å². The molecule has 64 valence electrons. The van der Waals surface area contributed by atoms with Crippen LogP contribution in [0.15, 0.2) is 23.0 Å². The molecule has 4 nitrogen and oxygen atoms in total. The van der Waals surface area contributed by atoms with Gasteiger partial charge in [0, 0.05) is 0 Å². The third-order valence-corrected chi connectivity index (χ3v) is 2.38. The molecule has 0 radical (unpaired) electrons. The molecule has 14 heavy (non-hydrogen) atoms. The van der Waals surface area contributed by atoms with Crippen LogP contribution in [-0.2, 0) is 0 Å². The Morgan fingerprint density at radius 1 is 1.21 bits per heavy atom. The molecule has 0 aliphatic carbocycles. The number of hydrogen-bond acceptors (Lipinski definition) is 4. The average molecular weight is 181 g/mol. The molecule has 0 saturated carbocycles. The maximum atomic E-state index is 11.7. The quantitative estimate of drug-likeness (QED) is 0.452. The molecule has 0 amide bonds. The van der Waals surface area contributed by atoms with E-state index in [9.17, 15) is 4.79 Å². The van der Waals surface area contributed by atoms with Gasteiger partial charge >= 0.3 is 78.2 Å². The van der Waals surface area contributed by atoms with Gasteiger partial charge in [0.15, 0.2) is 0 Å². The summed E-state index contributed by atoms with van der Waals surface area (Å²) >= 11 is 0. The second kappa shape index (κ2) is 2.32. The fourth-order valence-electron chi connectivity index (χ4n) is 1.71. The number of benzene rings is 1. The van der Waals surface area contributed by atoms with Gasteiger partial charge in [-0.3, -0.25) is 0 Å². The van der Waals surface area contributed by atoms with Crippen LogP contribution in [0.25, 0.3) is 21.8 Å². The van der Waals surface area contributed by atoms with Crippen LogP contribution in [0.3, 0.4) is 0 Å². The van der Waals surface area contributed by atoms with Gasteiger partial charge in [0.1, 0.15) is 0 Å². The molecule has 0 aliphatic rings. The first-order valence-electron chi connectivity index (χ1n) is 4.15. The summed E-state index contributed by atoms with van der Waals surface area (Å²) in [6.07, 6.45) is 0. The van der Waals surface area contributed by atoms with E-state index in [0.29, 0.717) is 21.5 Å². The third-order valence-electron chi connectivity index (χ3n) is 2.38.